The molecule has 3 nitrogen and oxygen atoms in total. The second-order valence-electron chi connectivity index (χ2n) is 4.00. The largest absolute Gasteiger partial charge is 0.534 e. The van der Waals surface area contributed by atoms with Crippen LogP contribution in [0.2, 0.25) is 0 Å². The minimum absolute atomic E-state index is 0.531. The van der Waals surface area contributed by atoms with Crippen molar-refractivity contribution in [3.05, 3.63) is 30.3 Å². The Labute approximate surface area is 105 Å². The normalized spacial score (nSPS) is 14.5. The van der Waals surface area contributed by atoms with Crippen LogP contribution in [-0.4, -0.2) is 26.8 Å². The summed E-state index contributed by atoms with van der Waals surface area (Å²) in [5.74, 6) is 0. The van der Waals surface area contributed by atoms with E-state index in [4.69, 9.17) is 8.85 Å². The van der Waals surface area contributed by atoms with E-state index in [9.17, 15) is 4.80 Å². The van der Waals surface area contributed by atoms with Gasteiger partial charge in [-0.15, -0.1) is 0 Å². The Bertz CT molecular complexity index is 305. The molecule has 1 N–H and O–H groups in total. The topological polar surface area (TPSA) is 38.7 Å². The first-order valence-electron chi connectivity index (χ1n) is 6.28. The van der Waals surface area contributed by atoms with Crippen LogP contribution in [0, 0.1) is 0 Å². The van der Waals surface area contributed by atoms with E-state index in [2.05, 4.69) is 6.92 Å². The molecular formula is C13H22O3Si. The van der Waals surface area contributed by atoms with Gasteiger partial charge in [0.05, 0.1) is 0 Å². The van der Waals surface area contributed by atoms with Crippen molar-refractivity contribution in [2.75, 3.05) is 13.2 Å². The molecule has 1 aromatic carbocycles. The van der Waals surface area contributed by atoms with Gasteiger partial charge in [0, 0.05) is 18.4 Å². The van der Waals surface area contributed by atoms with Crippen LogP contribution in [0.4, 0.5) is 0 Å². The van der Waals surface area contributed by atoms with Crippen LogP contribution >= 0.6 is 0 Å². The van der Waals surface area contributed by atoms with E-state index in [1.807, 2.05) is 37.3 Å². The van der Waals surface area contributed by atoms with E-state index in [1.54, 1.807) is 0 Å². The van der Waals surface area contributed by atoms with Crippen LogP contribution in [0.3, 0.4) is 0 Å². The Morgan fingerprint density at radius 2 is 1.65 bits per heavy atom. The highest BCUT2D eigenvalue weighted by Crippen LogP contribution is 2.06. The molecule has 1 unspecified atom stereocenters. The second kappa shape index (κ2) is 7.61. The minimum Gasteiger partial charge on any atom is -0.386 e. The van der Waals surface area contributed by atoms with Crippen molar-refractivity contribution < 1.29 is 13.6 Å². The fraction of sp³-hybridized carbons (Fsp3) is 0.538. The lowest BCUT2D eigenvalue weighted by Crippen LogP contribution is -2.54. The third kappa shape index (κ3) is 4.59. The predicted molar refractivity (Wildman–Crippen MR) is 71.2 cm³/mol. The van der Waals surface area contributed by atoms with Gasteiger partial charge in [0.2, 0.25) is 0 Å². The lowest BCUT2D eigenvalue weighted by Gasteiger charge is -2.24. The van der Waals surface area contributed by atoms with Gasteiger partial charge in [0.1, 0.15) is 0 Å². The summed E-state index contributed by atoms with van der Waals surface area (Å²) in [4.78, 5) is 10.5. The summed E-state index contributed by atoms with van der Waals surface area (Å²) < 4.78 is 11.2. The predicted octanol–water partition coefficient (Wildman–Crippen LogP) is 2.07. The summed E-state index contributed by atoms with van der Waals surface area (Å²) >= 11 is 0. The molecular weight excluding hydrogens is 232 g/mol. The number of unbranched alkanes of at least 4 members (excludes halogenated alkanes) is 1. The van der Waals surface area contributed by atoms with E-state index in [1.165, 1.54) is 0 Å². The van der Waals surface area contributed by atoms with Gasteiger partial charge in [-0.25, -0.2) is 0 Å². The minimum atomic E-state index is -3.18. The molecule has 0 fully saturated rings. The van der Waals surface area contributed by atoms with E-state index >= 15 is 0 Å². The Kier molecular flexibility index (Phi) is 6.43. The fourth-order valence-corrected chi connectivity index (χ4v) is 3.38. The van der Waals surface area contributed by atoms with Crippen molar-refractivity contribution in [1.29, 1.82) is 0 Å². The molecule has 0 aliphatic rings. The zero-order chi connectivity index (χ0) is 12.6. The molecule has 4 heteroatoms. The fourth-order valence-electron chi connectivity index (χ4n) is 1.45. The van der Waals surface area contributed by atoms with E-state index in [-0.39, 0.29) is 0 Å². The monoisotopic (exact) mass is 254 g/mol. The maximum absolute atomic E-state index is 10.5. The molecule has 0 heterocycles. The van der Waals surface area contributed by atoms with Gasteiger partial charge >= 0.3 is 8.80 Å². The van der Waals surface area contributed by atoms with Gasteiger partial charge in [-0.05, 0) is 12.8 Å². The summed E-state index contributed by atoms with van der Waals surface area (Å²) in [6, 6.07) is 9.45. The van der Waals surface area contributed by atoms with Gasteiger partial charge in [0.25, 0.3) is 0 Å². The maximum Gasteiger partial charge on any atom is 0.534 e. The average molecular weight is 254 g/mol. The molecule has 0 aliphatic carbocycles. The zero-order valence-electron chi connectivity index (χ0n) is 10.7. The SMILES string of the molecule is CCCCO[Si](O)(OCCC)c1ccccc1. The molecule has 1 rings (SSSR count). The van der Waals surface area contributed by atoms with Crippen LogP contribution in [-0.2, 0) is 8.85 Å². The van der Waals surface area contributed by atoms with Crippen LogP contribution in [0.25, 0.3) is 0 Å². The zero-order valence-corrected chi connectivity index (χ0v) is 11.7. The third-order valence-corrected chi connectivity index (χ3v) is 4.69. The summed E-state index contributed by atoms with van der Waals surface area (Å²) in [6.07, 6.45) is 2.87. The first kappa shape index (κ1) is 14.4. The molecule has 1 atom stereocenters. The molecule has 0 spiro atoms. The Morgan fingerprint density at radius 1 is 1.00 bits per heavy atom. The van der Waals surface area contributed by atoms with Crippen LogP contribution < -0.4 is 5.19 Å². The Morgan fingerprint density at radius 3 is 2.24 bits per heavy atom. The summed E-state index contributed by atoms with van der Waals surface area (Å²) in [7, 11) is -3.18. The first-order chi connectivity index (χ1) is 8.23. The van der Waals surface area contributed by atoms with E-state index < -0.39 is 8.80 Å². The van der Waals surface area contributed by atoms with Crippen LogP contribution in [0.15, 0.2) is 30.3 Å². The van der Waals surface area contributed by atoms with Gasteiger partial charge < -0.3 is 13.6 Å². The van der Waals surface area contributed by atoms with Crippen molar-refractivity contribution >= 4 is 14.0 Å². The number of rotatable bonds is 8. The maximum atomic E-state index is 10.5. The number of hydrogen-bond donors (Lipinski definition) is 1. The molecule has 0 bridgehead atoms. The molecule has 1 aromatic rings. The number of benzene rings is 1. The Hall–Kier alpha value is -0.683. The van der Waals surface area contributed by atoms with Crippen molar-refractivity contribution in [2.24, 2.45) is 0 Å². The molecule has 96 valence electrons. The first-order valence-corrected chi connectivity index (χ1v) is 8.05. The highest BCUT2D eigenvalue weighted by Gasteiger charge is 2.39. The summed E-state index contributed by atoms with van der Waals surface area (Å²) in [6.45, 7) is 5.20. The average Bonchev–Trinajstić information content (AvgIpc) is 2.38. The summed E-state index contributed by atoms with van der Waals surface area (Å²) in [5, 5.41) is 0.782. The van der Waals surface area contributed by atoms with Gasteiger partial charge in [0.15, 0.2) is 0 Å². The molecule has 0 saturated heterocycles. The van der Waals surface area contributed by atoms with E-state index in [0.29, 0.717) is 13.2 Å². The third-order valence-electron chi connectivity index (χ3n) is 2.44. The van der Waals surface area contributed by atoms with Gasteiger partial charge in [-0.1, -0.05) is 50.6 Å². The van der Waals surface area contributed by atoms with Crippen LogP contribution in [0.1, 0.15) is 33.1 Å². The van der Waals surface area contributed by atoms with Gasteiger partial charge in [-0.3, -0.25) is 0 Å². The lowest BCUT2D eigenvalue weighted by molar-refractivity contribution is 0.111. The molecule has 0 radical (unpaired) electrons. The van der Waals surface area contributed by atoms with Crippen molar-refractivity contribution in [3.63, 3.8) is 0 Å². The van der Waals surface area contributed by atoms with Crippen molar-refractivity contribution in [2.45, 2.75) is 33.1 Å². The molecule has 0 amide bonds. The highest BCUT2D eigenvalue weighted by molar-refractivity contribution is 6.74. The smallest absolute Gasteiger partial charge is 0.386 e. The molecule has 0 aromatic heterocycles. The standard InChI is InChI=1S/C13H22O3Si/c1-3-5-12-16-17(14,15-11-4-2)13-9-7-6-8-10-13/h6-10,14H,3-5,11-12H2,1-2H3. The van der Waals surface area contributed by atoms with Gasteiger partial charge in [-0.2, -0.15) is 0 Å². The quantitative estimate of drug-likeness (QED) is 0.570. The Balaban J connectivity index is 2.70. The second-order valence-corrected chi connectivity index (χ2v) is 6.32. The lowest BCUT2D eigenvalue weighted by atomic mass is 10.4. The van der Waals surface area contributed by atoms with E-state index in [0.717, 1.165) is 24.4 Å². The molecule has 0 aliphatic heterocycles. The van der Waals surface area contributed by atoms with Crippen LogP contribution in [0.5, 0.6) is 0 Å². The molecule has 17 heavy (non-hydrogen) atoms. The molecule has 0 saturated carbocycles. The van der Waals surface area contributed by atoms with Crippen molar-refractivity contribution in [3.8, 4) is 0 Å². The number of hydrogen-bond acceptors (Lipinski definition) is 3. The van der Waals surface area contributed by atoms with Crippen molar-refractivity contribution in [1.82, 2.24) is 0 Å². The summed E-state index contributed by atoms with van der Waals surface area (Å²) in [5.41, 5.74) is 0. The highest BCUT2D eigenvalue weighted by atomic mass is 28.4.